The van der Waals surface area contributed by atoms with Crippen LogP contribution in [0.4, 0.5) is 0 Å². The van der Waals surface area contributed by atoms with Crippen molar-refractivity contribution in [2.24, 2.45) is 0 Å². The Hall–Kier alpha value is -1.85. The summed E-state index contributed by atoms with van der Waals surface area (Å²) in [5.74, 6) is -0.194. The molecule has 9 heteroatoms. The number of allylic oxidation sites excluding steroid dienone is 7. The van der Waals surface area contributed by atoms with E-state index in [1.807, 2.05) is 6.08 Å². The van der Waals surface area contributed by atoms with E-state index < -0.39 is 49.5 Å². The minimum atomic E-state index is -1.58. The molecule has 1 aliphatic rings. The number of nitrogens with one attached hydrogen (secondary N) is 1. The van der Waals surface area contributed by atoms with Crippen molar-refractivity contribution in [2.75, 3.05) is 13.2 Å². The summed E-state index contributed by atoms with van der Waals surface area (Å²) in [4.78, 5) is 13.0. The van der Waals surface area contributed by atoms with Crippen LogP contribution in [0.1, 0.15) is 226 Å². The molecule has 0 radical (unpaired) electrons. The molecule has 1 amide bonds. The second kappa shape index (κ2) is 43.1. The van der Waals surface area contributed by atoms with E-state index in [2.05, 4.69) is 55.6 Å². The quantitative estimate of drug-likeness (QED) is 0.0262. The fourth-order valence-corrected chi connectivity index (χ4v) is 7.95. The number of hydrogen-bond acceptors (Lipinski definition) is 8. The summed E-state index contributed by atoms with van der Waals surface area (Å²) < 4.78 is 11.2. The van der Waals surface area contributed by atoms with Gasteiger partial charge in [-0.1, -0.05) is 197 Å². The monoisotopic (exact) mass is 876 g/mol. The Kier molecular flexibility index (Phi) is 40.4. The largest absolute Gasteiger partial charge is 0.394 e. The van der Waals surface area contributed by atoms with E-state index >= 15 is 0 Å². The highest BCUT2D eigenvalue weighted by molar-refractivity contribution is 5.76. The highest BCUT2D eigenvalue weighted by atomic mass is 16.7. The molecule has 0 aliphatic carbocycles. The Morgan fingerprint density at radius 2 is 0.919 bits per heavy atom. The summed E-state index contributed by atoms with van der Waals surface area (Å²) in [7, 11) is 0. The van der Waals surface area contributed by atoms with Crippen LogP contribution in [0.5, 0.6) is 0 Å². The number of carbonyl (C=O) groups excluding carboxylic acids is 1. The van der Waals surface area contributed by atoms with Crippen LogP contribution in [0.2, 0.25) is 0 Å². The first-order valence-electron chi connectivity index (χ1n) is 25.9. The minimum Gasteiger partial charge on any atom is -0.394 e. The van der Waals surface area contributed by atoms with Gasteiger partial charge in [0, 0.05) is 6.42 Å². The summed E-state index contributed by atoms with van der Waals surface area (Å²) in [6.45, 7) is 3.74. The molecular formula is C53H97NO8. The van der Waals surface area contributed by atoms with Gasteiger partial charge >= 0.3 is 0 Å². The molecular weight excluding hydrogens is 779 g/mol. The zero-order valence-corrected chi connectivity index (χ0v) is 39.9. The van der Waals surface area contributed by atoms with Crippen molar-refractivity contribution in [3.05, 3.63) is 48.6 Å². The van der Waals surface area contributed by atoms with Gasteiger partial charge in [0.15, 0.2) is 6.29 Å². The van der Waals surface area contributed by atoms with E-state index in [9.17, 15) is 30.3 Å². The fourth-order valence-electron chi connectivity index (χ4n) is 7.95. The Morgan fingerprint density at radius 3 is 1.35 bits per heavy atom. The Morgan fingerprint density at radius 1 is 0.532 bits per heavy atom. The summed E-state index contributed by atoms with van der Waals surface area (Å²) >= 11 is 0. The number of hydrogen-bond donors (Lipinski definition) is 6. The van der Waals surface area contributed by atoms with Crippen LogP contribution in [0, 0.1) is 0 Å². The van der Waals surface area contributed by atoms with E-state index in [0.717, 1.165) is 51.4 Å². The van der Waals surface area contributed by atoms with Crippen molar-refractivity contribution < 1.29 is 39.8 Å². The highest BCUT2D eigenvalue weighted by Crippen LogP contribution is 2.23. The molecule has 9 nitrogen and oxygen atoms in total. The Labute approximate surface area is 380 Å². The number of ether oxygens (including phenoxy) is 2. The fraction of sp³-hybridized carbons (Fsp3) is 0.830. The summed E-state index contributed by atoms with van der Waals surface area (Å²) in [6, 6.07) is -0.829. The van der Waals surface area contributed by atoms with Gasteiger partial charge < -0.3 is 40.3 Å². The molecule has 1 aliphatic heterocycles. The minimum absolute atomic E-state index is 0.194. The van der Waals surface area contributed by atoms with Gasteiger partial charge in [0.05, 0.1) is 25.4 Å². The molecule has 0 aromatic carbocycles. The molecule has 6 N–H and O–H groups in total. The third kappa shape index (κ3) is 32.8. The molecule has 1 rings (SSSR count). The predicted molar refractivity (Wildman–Crippen MR) is 258 cm³/mol. The van der Waals surface area contributed by atoms with E-state index in [-0.39, 0.29) is 12.5 Å². The number of rotatable bonds is 43. The van der Waals surface area contributed by atoms with E-state index in [1.165, 1.54) is 154 Å². The number of aliphatic hydroxyl groups excluding tert-OH is 5. The topological polar surface area (TPSA) is 149 Å². The van der Waals surface area contributed by atoms with Crippen LogP contribution in [0.25, 0.3) is 0 Å². The first-order valence-corrected chi connectivity index (χ1v) is 25.9. The lowest BCUT2D eigenvalue weighted by molar-refractivity contribution is -0.302. The molecule has 62 heavy (non-hydrogen) atoms. The number of unbranched alkanes of at least 4 members (excludes halogenated alkanes) is 27. The van der Waals surface area contributed by atoms with Crippen molar-refractivity contribution in [1.82, 2.24) is 5.32 Å². The lowest BCUT2D eigenvalue weighted by atomic mass is 9.99. The highest BCUT2D eigenvalue weighted by Gasteiger charge is 2.44. The summed E-state index contributed by atoms with van der Waals surface area (Å²) in [5.41, 5.74) is 0. The van der Waals surface area contributed by atoms with Crippen molar-refractivity contribution >= 4 is 5.91 Å². The molecule has 7 atom stereocenters. The van der Waals surface area contributed by atoms with Gasteiger partial charge in [-0.2, -0.15) is 0 Å². The maximum atomic E-state index is 13.0. The first kappa shape index (κ1) is 58.2. The van der Waals surface area contributed by atoms with Crippen LogP contribution in [-0.2, 0) is 14.3 Å². The SMILES string of the molecule is CCCCCCC/C=C/CC/C=C/CC/C=C/C(O)C(COC1OC(CO)C(O)C(O)C1O)NC(=O)CCCCCCCCCC/C=C\CCCCCCCCCCCCCC. The zero-order valence-electron chi connectivity index (χ0n) is 39.9. The second-order valence-electron chi connectivity index (χ2n) is 17.9. The van der Waals surface area contributed by atoms with Crippen molar-refractivity contribution in [1.29, 1.82) is 0 Å². The van der Waals surface area contributed by atoms with Crippen LogP contribution < -0.4 is 5.32 Å². The van der Waals surface area contributed by atoms with E-state index in [4.69, 9.17) is 9.47 Å². The van der Waals surface area contributed by atoms with Crippen molar-refractivity contribution in [3.8, 4) is 0 Å². The number of amides is 1. The number of aliphatic hydroxyl groups is 5. The van der Waals surface area contributed by atoms with Gasteiger partial charge in [-0.25, -0.2) is 0 Å². The zero-order chi connectivity index (χ0) is 45.1. The van der Waals surface area contributed by atoms with E-state index in [0.29, 0.717) is 6.42 Å². The van der Waals surface area contributed by atoms with E-state index in [1.54, 1.807) is 6.08 Å². The Bertz CT molecular complexity index is 1110. The first-order chi connectivity index (χ1) is 30.3. The van der Waals surface area contributed by atoms with Gasteiger partial charge in [0.2, 0.25) is 5.91 Å². The standard InChI is InChI=1S/C53H97NO8/c1-3-5-7-9-11-13-15-17-19-20-21-22-23-24-25-26-27-29-31-33-35-37-39-41-43-49(57)54-46(45-61-53-52(60)51(59)50(58)48(44-55)62-53)47(56)42-40-38-36-34-32-30-28-18-16-14-12-10-8-6-4-2/h16,18,24-25,32,34,40,42,46-48,50-53,55-56,58-60H,3-15,17,19-23,26-31,33,35-39,41,43-45H2,1-2H3,(H,54,57)/b18-16+,25-24-,34-32+,42-40+. The molecule has 0 bridgehead atoms. The van der Waals surface area contributed by atoms with Crippen LogP contribution in [-0.4, -0.2) is 87.5 Å². The lowest BCUT2D eigenvalue weighted by Crippen LogP contribution is -2.60. The third-order valence-corrected chi connectivity index (χ3v) is 12.1. The van der Waals surface area contributed by atoms with Crippen molar-refractivity contribution in [3.63, 3.8) is 0 Å². The van der Waals surface area contributed by atoms with Crippen LogP contribution in [0.3, 0.4) is 0 Å². The second-order valence-corrected chi connectivity index (χ2v) is 17.9. The normalized spacial score (nSPS) is 20.7. The molecule has 7 unspecified atom stereocenters. The van der Waals surface area contributed by atoms with Gasteiger partial charge in [-0.15, -0.1) is 0 Å². The van der Waals surface area contributed by atoms with Crippen molar-refractivity contribution in [2.45, 2.75) is 269 Å². The van der Waals surface area contributed by atoms with Crippen LogP contribution >= 0.6 is 0 Å². The predicted octanol–water partition coefficient (Wildman–Crippen LogP) is 11.8. The van der Waals surface area contributed by atoms with Gasteiger partial charge in [-0.05, 0) is 70.6 Å². The van der Waals surface area contributed by atoms with Gasteiger partial charge in [0.1, 0.15) is 24.4 Å². The molecule has 362 valence electrons. The summed E-state index contributed by atoms with van der Waals surface area (Å²) in [5, 5.41) is 54.3. The smallest absolute Gasteiger partial charge is 0.220 e. The molecule has 1 fully saturated rings. The maximum absolute atomic E-state index is 13.0. The third-order valence-electron chi connectivity index (χ3n) is 12.1. The van der Waals surface area contributed by atoms with Gasteiger partial charge in [-0.3, -0.25) is 4.79 Å². The molecule has 1 heterocycles. The molecule has 0 aromatic rings. The average Bonchev–Trinajstić information content (AvgIpc) is 3.27. The van der Waals surface area contributed by atoms with Crippen LogP contribution in [0.15, 0.2) is 48.6 Å². The molecule has 0 spiro atoms. The molecule has 0 saturated carbocycles. The number of carbonyl (C=O) groups is 1. The lowest BCUT2D eigenvalue weighted by Gasteiger charge is -2.40. The van der Waals surface area contributed by atoms with Gasteiger partial charge in [0.25, 0.3) is 0 Å². The Balaban J connectivity index is 2.29. The summed E-state index contributed by atoms with van der Waals surface area (Å²) in [6.07, 6.45) is 48.8. The molecule has 1 saturated heterocycles. The average molecular weight is 876 g/mol. The maximum Gasteiger partial charge on any atom is 0.220 e. The molecule has 0 aromatic heterocycles.